The fourth-order valence-electron chi connectivity index (χ4n) is 1.97. The van der Waals surface area contributed by atoms with Crippen LogP contribution in [0.1, 0.15) is 5.56 Å². The van der Waals surface area contributed by atoms with E-state index in [-0.39, 0.29) is 5.82 Å². The van der Waals surface area contributed by atoms with Gasteiger partial charge in [-0.15, -0.1) is 5.10 Å². The lowest BCUT2D eigenvalue weighted by molar-refractivity contribution is 0.615. The van der Waals surface area contributed by atoms with Crippen LogP contribution < -0.4 is 5.73 Å². The van der Waals surface area contributed by atoms with Gasteiger partial charge in [0, 0.05) is 5.56 Å². The molecule has 0 radical (unpaired) electrons. The molecule has 0 unspecified atom stereocenters. The maximum Gasteiger partial charge on any atom is 0.188 e. The molecule has 0 saturated heterocycles. The molecule has 2 N–H and O–H groups in total. The minimum atomic E-state index is -0.326. The van der Waals surface area contributed by atoms with Crippen LogP contribution in [-0.2, 0) is 0 Å². The van der Waals surface area contributed by atoms with Crippen molar-refractivity contribution in [2.24, 2.45) is 0 Å². The Balaban J connectivity index is 2.17. The van der Waals surface area contributed by atoms with E-state index in [2.05, 4.69) is 15.5 Å². The average molecular weight is 304 g/mol. The maximum absolute atomic E-state index is 13.7. The zero-order valence-corrected chi connectivity index (χ0v) is 11.8. The summed E-state index contributed by atoms with van der Waals surface area (Å²) < 4.78 is 15.1. The highest BCUT2D eigenvalue weighted by Crippen LogP contribution is 2.31. The molecule has 0 spiro atoms. The van der Waals surface area contributed by atoms with Crippen LogP contribution in [0.25, 0.3) is 17.1 Å². The third-order valence-corrected chi connectivity index (χ3v) is 3.56. The molecule has 5 nitrogen and oxygen atoms in total. The highest BCUT2D eigenvalue weighted by Gasteiger charge is 2.15. The highest BCUT2D eigenvalue weighted by molar-refractivity contribution is 6.35. The van der Waals surface area contributed by atoms with Gasteiger partial charge in [0.2, 0.25) is 0 Å². The molecule has 0 atom stereocenters. The molecule has 3 aromatic rings. The summed E-state index contributed by atoms with van der Waals surface area (Å²) in [5.74, 6) is 0.0724. The number of aryl methyl sites for hydroxylation is 1. The Labute approximate surface area is 125 Å². The standard InChI is InChI=1S/C14H11ClFN5/c1-8-5-6-9(7-11(8)16)21-14(18-19-20-21)10-3-2-4-12(17)13(10)15/h2-7H,17H2,1H3. The molecule has 2 aromatic carbocycles. The van der Waals surface area contributed by atoms with Crippen LogP contribution in [0.2, 0.25) is 5.02 Å². The van der Waals surface area contributed by atoms with Gasteiger partial charge in [0.05, 0.1) is 16.4 Å². The SMILES string of the molecule is Cc1ccc(-n2nnnc2-c2cccc(N)c2Cl)cc1F. The Morgan fingerprint density at radius 1 is 1.24 bits per heavy atom. The number of nitrogen functional groups attached to an aromatic ring is 1. The van der Waals surface area contributed by atoms with E-state index in [9.17, 15) is 4.39 Å². The maximum atomic E-state index is 13.7. The molecule has 3 rings (SSSR count). The summed E-state index contributed by atoms with van der Waals surface area (Å²) >= 11 is 6.19. The number of benzene rings is 2. The molecule has 1 aromatic heterocycles. The lowest BCUT2D eigenvalue weighted by Crippen LogP contribution is -2.02. The molecule has 0 saturated carbocycles. The zero-order chi connectivity index (χ0) is 15.0. The van der Waals surface area contributed by atoms with E-state index in [0.29, 0.717) is 33.3 Å². The third kappa shape index (κ3) is 2.34. The number of aromatic nitrogens is 4. The molecule has 1 heterocycles. The molecule has 0 aliphatic rings. The molecule has 0 aliphatic carbocycles. The van der Waals surface area contributed by atoms with E-state index in [1.165, 1.54) is 10.7 Å². The fraction of sp³-hybridized carbons (Fsp3) is 0.0714. The molecule has 0 bridgehead atoms. The first-order valence-corrected chi connectivity index (χ1v) is 6.55. The molecular formula is C14H11ClFN5. The first-order valence-electron chi connectivity index (χ1n) is 6.17. The monoisotopic (exact) mass is 303 g/mol. The number of hydrogen-bond donors (Lipinski definition) is 1. The Kier molecular flexibility index (Phi) is 3.31. The van der Waals surface area contributed by atoms with Crippen molar-refractivity contribution >= 4 is 17.3 Å². The number of hydrogen-bond acceptors (Lipinski definition) is 4. The molecular weight excluding hydrogens is 293 g/mol. The summed E-state index contributed by atoms with van der Waals surface area (Å²) in [6.45, 7) is 1.69. The third-order valence-electron chi connectivity index (χ3n) is 3.14. The lowest BCUT2D eigenvalue weighted by atomic mass is 10.1. The van der Waals surface area contributed by atoms with Gasteiger partial charge in [0.25, 0.3) is 0 Å². The minimum Gasteiger partial charge on any atom is -0.398 e. The quantitative estimate of drug-likeness (QED) is 0.739. The normalized spacial score (nSPS) is 10.8. The molecule has 21 heavy (non-hydrogen) atoms. The van der Waals surface area contributed by atoms with Gasteiger partial charge < -0.3 is 5.73 Å². The number of nitrogens with two attached hydrogens (primary N) is 1. The van der Waals surface area contributed by atoms with Crippen molar-refractivity contribution in [3.63, 3.8) is 0 Å². The van der Waals surface area contributed by atoms with Crippen LogP contribution in [-0.4, -0.2) is 20.2 Å². The number of anilines is 1. The topological polar surface area (TPSA) is 69.6 Å². The summed E-state index contributed by atoms with van der Waals surface area (Å²) in [5, 5.41) is 11.9. The zero-order valence-electron chi connectivity index (χ0n) is 11.1. The number of rotatable bonds is 2. The van der Waals surface area contributed by atoms with Crippen molar-refractivity contribution in [2.75, 3.05) is 5.73 Å². The number of halogens is 2. The summed E-state index contributed by atoms with van der Waals surface area (Å²) in [6, 6.07) is 9.97. The van der Waals surface area contributed by atoms with Crippen LogP contribution >= 0.6 is 11.6 Å². The highest BCUT2D eigenvalue weighted by atomic mass is 35.5. The Morgan fingerprint density at radius 2 is 2.05 bits per heavy atom. The molecule has 0 amide bonds. The smallest absolute Gasteiger partial charge is 0.188 e. The van der Waals surface area contributed by atoms with Crippen LogP contribution in [0, 0.1) is 12.7 Å². The lowest BCUT2D eigenvalue weighted by Gasteiger charge is -2.08. The number of tetrazole rings is 1. The van der Waals surface area contributed by atoms with E-state index >= 15 is 0 Å². The van der Waals surface area contributed by atoms with Gasteiger partial charge >= 0.3 is 0 Å². The van der Waals surface area contributed by atoms with Crippen LogP contribution in [0.4, 0.5) is 10.1 Å². The van der Waals surface area contributed by atoms with Gasteiger partial charge in [-0.05, 0) is 47.2 Å². The average Bonchev–Trinajstić information content (AvgIpc) is 2.94. The van der Waals surface area contributed by atoms with E-state index in [0.717, 1.165) is 0 Å². The molecule has 7 heteroatoms. The summed E-state index contributed by atoms with van der Waals surface area (Å²) in [6.07, 6.45) is 0. The minimum absolute atomic E-state index is 0.326. The molecule has 106 valence electrons. The summed E-state index contributed by atoms with van der Waals surface area (Å²) in [5.41, 5.74) is 7.87. The van der Waals surface area contributed by atoms with Crippen molar-refractivity contribution in [1.82, 2.24) is 20.2 Å². The van der Waals surface area contributed by atoms with Gasteiger partial charge in [0.15, 0.2) is 5.82 Å². The fourth-order valence-corrected chi connectivity index (χ4v) is 2.18. The van der Waals surface area contributed by atoms with Gasteiger partial charge in [-0.2, -0.15) is 4.68 Å². The molecule has 0 aliphatic heterocycles. The first kappa shape index (κ1) is 13.5. The van der Waals surface area contributed by atoms with Crippen molar-refractivity contribution in [1.29, 1.82) is 0 Å². The van der Waals surface area contributed by atoms with E-state index in [1.807, 2.05) is 0 Å². The van der Waals surface area contributed by atoms with Gasteiger partial charge in [-0.25, -0.2) is 4.39 Å². The van der Waals surface area contributed by atoms with Crippen LogP contribution in [0.3, 0.4) is 0 Å². The Bertz CT molecular complexity index is 815. The Hall–Kier alpha value is -2.47. The van der Waals surface area contributed by atoms with Crippen LogP contribution in [0.15, 0.2) is 36.4 Å². The summed E-state index contributed by atoms with van der Waals surface area (Å²) in [7, 11) is 0. The number of nitrogens with zero attached hydrogens (tertiary/aromatic N) is 4. The van der Waals surface area contributed by atoms with Crippen molar-refractivity contribution in [3.05, 3.63) is 52.8 Å². The van der Waals surface area contributed by atoms with E-state index < -0.39 is 0 Å². The predicted octanol–water partition coefficient (Wildman–Crippen LogP) is 3.01. The van der Waals surface area contributed by atoms with Crippen LogP contribution in [0.5, 0.6) is 0 Å². The van der Waals surface area contributed by atoms with Gasteiger partial charge in [-0.3, -0.25) is 0 Å². The molecule has 0 fully saturated rings. The van der Waals surface area contributed by atoms with E-state index in [4.69, 9.17) is 17.3 Å². The summed E-state index contributed by atoms with van der Waals surface area (Å²) in [4.78, 5) is 0. The van der Waals surface area contributed by atoms with Crippen molar-refractivity contribution in [3.8, 4) is 17.1 Å². The van der Waals surface area contributed by atoms with Gasteiger partial charge in [0.1, 0.15) is 5.82 Å². The second-order valence-corrected chi connectivity index (χ2v) is 4.93. The second kappa shape index (κ2) is 5.14. The van der Waals surface area contributed by atoms with Crippen molar-refractivity contribution in [2.45, 2.75) is 6.92 Å². The largest absolute Gasteiger partial charge is 0.398 e. The predicted molar refractivity (Wildman–Crippen MR) is 78.7 cm³/mol. The second-order valence-electron chi connectivity index (χ2n) is 4.56. The first-order chi connectivity index (χ1) is 10.1. The van der Waals surface area contributed by atoms with Gasteiger partial charge in [-0.1, -0.05) is 23.7 Å². The van der Waals surface area contributed by atoms with Crippen molar-refractivity contribution < 1.29 is 4.39 Å². The van der Waals surface area contributed by atoms with E-state index in [1.54, 1.807) is 37.3 Å². The Morgan fingerprint density at radius 3 is 2.81 bits per heavy atom.